The zero-order valence-corrected chi connectivity index (χ0v) is 10.1. The lowest BCUT2D eigenvalue weighted by Crippen LogP contribution is -2.17. The maximum Gasteiger partial charge on any atom is 0.268 e. The SMILES string of the molecule is NC(=O)c1cncc(NC(CCO)c2ccco2)n1. The molecule has 100 valence electrons. The van der Waals surface area contributed by atoms with Gasteiger partial charge in [-0.3, -0.25) is 9.78 Å². The van der Waals surface area contributed by atoms with Gasteiger partial charge in [0.15, 0.2) is 0 Å². The Labute approximate surface area is 109 Å². The summed E-state index contributed by atoms with van der Waals surface area (Å²) in [7, 11) is 0. The average molecular weight is 262 g/mol. The van der Waals surface area contributed by atoms with Crippen LogP contribution in [0.2, 0.25) is 0 Å². The Hall–Kier alpha value is -2.41. The molecule has 0 saturated carbocycles. The Kier molecular flexibility index (Phi) is 4.09. The third-order valence-corrected chi connectivity index (χ3v) is 2.51. The summed E-state index contributed by atoms with van der Waals surface area (Å²) in [6.45, 7) is -0.0126. The van der Waals surface area contributed by atoms with E-state index in [1.165, 1.54) is 12.4 Å². The molecule has 0 saturated heterocycles. The van der Waals surface area contributed by atoms with Crippen LogP contribution in [0.4, 0.5) is 5.82 Å². The van der Waals surface area contributed by atoms with Crippen molar-refractivity contribution >= 4 is 11.7 Å². The van der Waals surface area contributed by atoms with Gasteiger partial charge in [0.2, 0.25) is 0 Å². The molecular weight excluding hydrogens is 248 g/mol. The number of aliphatic hydroxyl groups excluding tert-OH is 1. The highest BCUT2D eigenvalue weighted by Crippen LogP contribution is 2.21. The maximum absolute atomic E-state index is 11.0. The Morgan fingerprint density at radius 2 is 2.37 bits per heavy atom. The van der Waals surface area contributed by atoms with Crippen molar-refractivity contribution in [1.29, 1.82) is 0 Å². The van der Waals surface area contributed by atoms with E-state index in [0.717, 1.165) is 0 Å². The minimum absolute atomic E-state index is 0.0126. The van der Waals surface area contributed by atoms with Crippen molar-refractivity contribution < 1.29 is 14.3 Å². The number of nitrogens with one attached hydrogen (secondary N) is 1. The maximum atomic E-state index is 11.0. The molecule has 1 unspecified atom stereocenters. The highest BCUT2D eigenvalue weighted by Gasteiger charge is 2.15. The van der Waals surface area contributed by atoms with Crippen LogP contribution >= 0.6 is 0 Å². The molecule has 0 aliphatic carbocycles. The molecule has 1 atom stereocenters. The third-order valence-electron chi connectivity index (χ3n) is 2.51. The third kappa shape index (κ3) is 3.29. The van der Waals surface area contributed by atoms with Gasteiger partial charge in [0.1, 0.15) is 17.3 Å². The molecule has 4 N–H and O–H groups in total. The van der Waals surface area contributed by atoms with E-state index in [-0.39, 0.29) is 18.3 Å². The summed E-state index contributed by atoms with van der Waals surface area (Å²) in [6.07, 6.45) is 4.75. The topological polar surface area (TPSA) is 114 Å². The molecule has 2 aromatic rings. The molecule has 7 nitrogen and oxygen atoms in total. The highest BCUT2D eigenvalue weighted by atomic mass is 16.3. The standard InChI is InChI=1S/C12H14N4O3/c13-12(18)9-6-14-7-11(16-9)15-8(3-4-17)10-2-1-5-19-10/h1-2,5-8,17H,3-4H2,(H2,13,18)(H,15,16). The minimum atomic E-state index is -0.646. The van der Waals surface area contributed by atoms with Crippen LogP contribution in [0.15, 0.2) is 35.2 Å². The van der Waals surface area contributed by atoms with Gasteiger partial charge in [-0.1, -0.05) is 0 Å². The van der Waals surface area contributed by atoms with Crippen molar-refractivity contribution in [3.05, 3.63) is 42.2 Å². The lowest BCUT2D eigenvalue weighted by Gasteiger charge is -2.15. The number of furan rings is 1. The first kappa shape index (κ1) is 13.0. The van der Waals surface area contributed by atoms with Gasteiger partial charge in [-0.05, 0) is 18.6 Å². The normalized spacial score (nSPS) is 12.1. The second-order valence-corrected chi connectivity index (χ2v) is 3.88. The molecule has 0 radical (unpaired) electrons. The number of rotatable bonds is 6. The molecule has 0 aliphatic rings. The van der Waals surface area contributed by atoms with Crippen molar-refractivity contribution in [3.63, 3.8) is 0 Å². The Balaban J connectivity index is 2.17. The first-order chi connectivity index (χ1) is 9.20. The van der Waals surface area contributed by atoms with Crippen LogP contribution in [-0.2, 0) is 0 Å². The first-order valence-electron chi connectivity index (χ1n) is 5.73. The number of carbonyl (C=O) groups excluding carboxylic acids is 1. The van der Waals surface area contributed by atoms with Crippen LogP contribution in [0.3, 0.4) is 0 Å². The molecule has 0 bridgehead atoms. The molecule has 0 fully saturated rings. The largest absolute Gasteiger partial charge is 0.467 e. The molecule has 0 spiro atoms. The number of amides is 1. The van der Waals surface area contributed by atoms with E-state index < -0.39 is 5.91 Å². The Bertz CT molecular complexity index is 542. The number of anilines is 1. The predicted octanol–water partition coefficient (Wildman–Crippen LogP) is 0.704. The molecule has 2 rings (SSSR count). The zero-order valence-electron chi connectivity index (χ0n) is 10.1. The van der Waals surface area contributed by atoms with Gasteiger partial charge < -0.3 is 20.6 Å². The van der Waals surface area contributed by atoms with Crippen LogP contribution < -0.4 is 11.1 Å². The number of aromatic nitrogens is 2. The Morgan fingerprint density at radius 1 is 1.53 bits per heavy atom. The summed E-state index contributed by atoms with van der Waals surface area (Å²) >= 11 is 0. The summed E-state index contributed by atoms with van der Waals surface area (Å²) in [6, 6.07) is 3.29. The quantitative estimate of drug-likeness (QED) is 0.706. The van der Waals surface area contributed by atoms with Gasteiger partial charge in [-0.2, -0.15) is 0 Å². The summed E-state index contributed by atoms with van der Waals surface area (Å²) in [4.78, 5) is 18.9. The molecule has 7 heteroatoms. The number of nitrogens with zero attached hydrogens (tertiary/aromatic N) is 2. The average Bonchev–Trinajstić information content (AvgIpc) is 2.92. The second kappa shape index (κ2) is 5.96. The van der Waals surface area contributed by atoms with E-state index >= 15 is 0 Å². The summed E-state index contributed by atoms with van der Waals surface area (Å²) in [5.41, 5.74) is 5.22. The monoisotopic (exact) mass is 262 g/mol. The molecule has 19 heavy (non-hydrogen) atoms. The van der Waals surface area contributed by atoms with Crippen LogP contribution in [0.1, 0.15) is 28.7 Å². The van der Waals surface area contributed by atoms with E-state index in [1.54, 1.807) is 18.4 Å². The zero-order chi connectivity index (χ0) is 13.7. The summed E-state index contributed by atoms with van der Waals surface area (Å²) in [5, 5.41) is 12.1. The van der Waals surface area contributed by atoms with Gasteiger partial charge in [0, 0.05) is 6.61 Å². The molecule has 2 heterocycles. The van der Waals surface area contributed by atoms with E-state index in [2.05, 4.69) is 15.3 Å². The van der Waals surface area contributed by atoms with Crippen LogP contribution in [-0.4, -0.2) is 27.6 Å². The molecule has 1 amide bonds. The van der Waals surface area contributed by atoms with Crippen LogP contribution in [0, 0.1) is 0 Å². The number of aliphatic hydroxyl groups is 1. The molecule has 0 aliphatic heterocycles. The number of nitrogens with two attached hydrogens (primary N) is 1. The van der Waals surface area contributed by atoms with E-state index in [0.29, 0.717) is 18.0 Å². The summed E-state index contributed by atoms with van der Waals surface area (Å²) < 4.78 is 5.28. The smallest absolute Gasteiger partial charge is 0.268 e. The minimum Gasteiger partial charge on any atom is -0.467 e. The Morgan fingerprint density at radius 3 is 3.00 bits per heavy atom. The van der Waals surface area contributed by atoms with Gasteiger partial charge in [-0.15, -0.1) is 0 Å². The van der Waals surface area contributed by atoms with Gasteiger partial charge in [-0.25, -0.2) is 4.98 Å². The van der Waals surface area contributed by atoms with Gasteiger partial charge in [0.05, 0.1) is 24.7 Å². The van der Waals surface area contributed by atoms with Gasteiger partial charge >= 0.3 is 0 Å². The van der Waals surface area contributed by atoms with E-state index in [9.17, 15) is 4.79 Å². The van der Waals surface area contributed by atoms with E-state index in [4.69, 9.17) is 15.3 Å². The first-order valence-corrected chi connectivity index (χ1v) is 5.73. The number of primary amides is 1. The fourth-order valence-electron chi connectivity index (χ4n) is 1.64. The highest BCUT2D eigenvalue weighted by molar-refractivity contribution is 5.90. The number of hydrogen-bond donors (Lipinski definition) is 3. The molecule has 0 aromatic carbocycles. The second-order valence-electron chi connectivity index (χ2n) is 3.88. The van der Waals surface area contributed by atoms with Crippen LogP contribution in [0.5, 0.6) is 0 Å². The predicted molar refractivity (Wildman–Crippen MR) is 67.3 cm³/mol. The van der Waals surface area contributed by atoms with Crippen molar-refractivity contribution in [2.24, 2.45) is 5.73 Å². The number of hydrogen-bond acceptors (Lipinski definition) is 6. The number of carbonyl (C=O) groups is 1. The van der Waals surface area contributed by atoms with Gasteiger partial charge in [0.25, 0.3) is 5.91 Å². The fraction of sp³-hybridized carbons (Fsp3) is 0.250. The fourth-order valence-corrected chi connectivity index (χ4v) is 1.64. The molecule has 2 aromatic heterocycles. The van der Waals surface area contributed by atoms with Crippen molar-refractivity contribution in [1.82, 2.24) is 9.97 Å². The van der Waals surface area contributed by atoms with E-state index in [1.807, 2.05) is 0 Å². The summed E-state index contributed by atoms with van der Waals surface area (Å²) in [5.74, 6) is 0.416. The van der Waals surface area contributed by atoms with Crippen molar-refractivity contribution in [2.75, 3.05) is 11.9 Å². The lowest BCUT2D eigenvalue weighted by molar-refractivity contribution is 0.0995. The van der Waals surface area contributed by atoms with Crippen LogP contribution in [0.25, 0.3) is 0 Å². The molecular formula is C12H14N4O3. The van der Waals surface area contributed by atoms with Crippen molar-refractivity contribution in [3.8, 4) is 0 Å². The van der Waals surface area contributed by atoms with Crippen molar-refractivity contribution in [2.45, 2.75) is 12.5 Å². The lowest BCUT2D eigenvalue weighted by atomic mass is 10.1.